The predicted octanol–water partition coefficient (Wildman–Crippen LogP) is 3.94. The molecule has 2 aromatic carbocycles. The Morgan fingerprint density at radius 1 is 1.29 bits per heavy atom. The van der Waals surface area contributed by atoms with Gasteiger partial charge in [0.2, 0.25) is 5.75 Å². The number of nitro benzene ring substituents is 1. The predicted molar refractivity (Wildman–Crippen MR) is 76.8 cm³/mol. The topological polar surface area (TPSA) is 78.4 Å². The summed E-state index contributed by atoms with van der Waals surface area (Å²) in [5, 5.41) is 11.0. The van der Waals surface area contributed by atoms with Crippen molar-refractivity contribution in [2.24, 2.45) is 5.73 Å². The largest absolute Gasteiger partial charge is 0.450 e. The molecule has 2 aromatic rings. The van der Waals surface area contributed by atoms with Crippen molar-refractivity contribution in [2.75, 3.05) is 0 Å². The van der Waals surface area contributed by atoms with Crippen molar-refractivity contribution in [3.8, 4) is 11.5 Å². The SMILES string of the molecule is CC[C@H](N)c1ccccc1Oc1ccc(F)cc1[N+](=O)[O-]. The molecule has 0 fully saturated rings. The maximum absolute atomic E-state index is 13.1. The molecular formula is C15H15FN2O3. The standard InChI is InChI=1S/C15H15FN2O3/c1-2-12(17)11-5-3-4-6-14(11)21-15-8-7-10(16)9-13(15)18(19)20/h3-9,12H,2,17H2,1H3/t12-/m0/s1. The highest BCUT2D eigenvalue weighted by atomic mass is 19.1. The number of nitrogens with zero attached hydrogens (tertiary/aromatic N) is 1. The average Bonchev–Trinajstić information content (AvgIpc) is 2.48. The molecule has 0 radical (unpaired) electrons. The molecule has 5 nitrogen and oxygen atoms in total. The Morgan fingerprint density at radius 2 is 2.00 bits per heavy atom. The summed E-state index contributed by atoms with van der Waals surface area (Å²) in [4.78, 5) is 10.3. The van der Waals surface area contributed by atoms with Gasteiger partial charge in [-0.1, -0.05) is 25.1 Å². The molecule has 2 N–H and O–H groups in total. The number of para-hydroxylation sites is 1. The molecule has 0 amide bonds. The van der Waals surface area contributed by atoms with Gasteiger partial charge < -0.3 is 10.5 Å². The minimum atomic E-state index is -0.687. The summed E-state index contributed by atoms with van der Waals surface area (Å²) in [5.74, 6) is -0.272. The fraction of sp³-hybridized carbons (Fsp3) is 0.200. The van der Waals surface area contributed by atoms with Crippen molar-refractivity contribution in [3.63, 3.8) is 0 Å². The zero-order valence-electron chi connectivity index (χ0n) is 11.5. The summed E-state index contributed by atoms with van der Waals surface area (Å²) in [6, 6.07) is 9.99. The summed E-state index contributed by atoms with van der Waals surface area (Å²) in [5.41, 5.74) is 6.32. The molecule has 0 heterocycles. The number of nitro groups is 1. The Kier molecular flexibility index (Phi) is 4.49. The maximum Gasteiger partial charge on any atom is 0.314 e. The molecule has 0 aliphatic heterocycles. The summed E-state index contributed by atoms with van der Waals surface area (Å²) in [7, 11) is 0. The van der Waals surface area contributed by atoms with Gasteiger partial charge in [0.1, 0.15) is 11.6 Å². The fourth-order valence-corrected chi connectivity index (χ4v) is 1.94. The van der Waals surface area contributed by atoms with E-state index in [-0.39, 0.29) is 11.8 Å². The van der Waals surface area contributed by atoms with Crippen LogP contribution in [0.3, 0.4) is 0 Å². The highest BCUT2D eigenvalue weighted by molar-refractivity contribution is 5.50. The van der Waals surface area contributed by atoms with Gasteiger partial charge in [-0.25, -0.2) is 4.39 Å². The van der Waals surface area contributed by atoms with Gasteiger partial charge in [-0.2, -0.15) is 0 Å². The smallest absolute Gasteiger partial charge is 0.314 e. The van der Waals surface area contributed by atoms with Crippen LogP contribution in [0.2, 0.25) is 0 Å². The highest BCUT2D eigenvalue weighted by Gasteiger charge is 2.19. The minimum Gasteiger partial charge on any atom is -0.450 e. The summed E-state index contributed by atoms with van der Waals surface area (Å²) in [6.07, 6.45) is 0.700. The van der Waals surface area contributed by atoms with Gasteiger partial charge in [0.05, 0.1) is 11.0 Å². The van der Waals surface area contributed by atoms with Gasteiger partial charge in [0.25, 0.3) is 0 Å². The van der Waals surface area contributed by atoms with Crippen LogP contribution in [0.1, 0.15) is 24.9 Å². The van der Waals surface area contributed by atoms with Gasteiger partial charge in [0, 0.05) is 11.6 Å². The number of halogens is 1. The van der Waals surface area contributed by atoms with Crippen LogP contribution in [-0.2, 0) is 0 Å². The van der Waals surface area contributed by atoms with E-state index in [0.717, 1.165) is 17.7 Å². The lowest BCUT2D eigenvalue weighted by Crippen LogP contribution is -2.10. The molecule has 0 aliphatic carbocycles. The van der Waals surface area contributed by atoms with Crippen molar-refractivity contribution in [3.05, 3.63) is 64.0 Å². The zero-order valence-corrected chi connectivity index (χ0v) is 11.5. The van der Waals surface area contributed by atoms with E-state index in [4.69, 9.17) is 10.5 Å². The molecule has 0 aliphatic rings. The lowest BCUT2D eigenvalue weighted by Gasteiger charge is -2.15. The van der Waals surface area contributed by atoms with Crippen LogP contribution in [0.4, 0.5) is 10.1 Å². The van der Waals surface area contributed by atoms with Crippen LogP contribution >= 0.6 is 0 Å². The van der Waals surface area contributed by atoms with Gasteiger partial charge in [-0.05, 0) is 24.6 Å². The quantitative estimate of drug-likeness (QED) is 0.668. The van der Waals surface area contributed by atoms with E-state index in [1.165, 1.54) is 6.07 Å². The first kappa shape index (κ1) is 14.9. The van der Waals surface area contributed by atoms with Crippen molar-refractivity contribution >= 4 is 5.69 Å². The highest BCUT2D eigenvalue weighted by Crippen LogP contribution is 2.35. The lowest BCUT2D eigenvalue weighted by molar-refractivity contribution is -0.385. The Balaban J connectivity index is 2.41. The number of hydrogen-bond donors (Lipinski definition) is 1. The Labute approximate surface area is 121 Å². The molecule has 0 saturated carbocycles. The van der Waals surface area contributed by atoms with E-state index in [0.29, 0.717) is 12.2 Å². The molecule has 0 bridgehead atoms. The number of nitrogens with two attached hydrogens (primary N) is 1. The fourth-order valence-electron chi connectivity index (χ4n) is 1.94. The first-order chi connectivity index (χ1) is 10.0. The van der Waals surface area contributed by atoms with Crippen LogP contribution < -0.4 is 10.5 Å². The molecule has 2 rings (SSSR count). The van der Waals surface area contributed by atoms with Crippen LogP contribution in [-0.4, -0.2) is 4.92 Å². The zero-order chi connectivity index (χ0) is 15.4. The molecule has 110 valence electrons. The minimum absolute atomic E-state index is 0.0165. The van der Waals surface area contributed by atoms with Crippen LogP contribution in [0.5, 0.6) is 11.5 Å². The van der Waals surface area contributed by atoms with Crippen LogP contribution in [0.15, 0.2) is 42.5 Å². The van der Waals surface area contributed by atoms with Gasteiger partial charge in [0.15, 0.2) is 0 Å². The Morgan fingerprint density at radius 3 is 2.67 bits per heavy atom. The Hall–Kier alpha value is -2.47. The number of hydrogen-bond acceptors (Lipinski definition) is 4. The van der Waals surface area contributed by atoms with E-state index in [1.807, 2.05) is 13.0 Å². The third-order valence-corrected chi connectivity index (χ3v) is 3.10. The van der Waals surface area contributed by atoms with E-state index < -0.39 is 16.4 Å². The first-order valence-corrected chi connectivity index (χ1v) is 6.49. The third-order valence-electron chi connectivity index (χ3n) is 3.10. The maximum atomic E-state index is 13.1. The third kappa shape index (κ3) is 3.35. The lowest BCUT2D eigenvalue weighted by atomic mass is 10.0. The molecule has 0 aromatic heterocycles. The second-order valence-electron chi connectivity index (χ2n) is 4.52. The average molecular weight is 290 g/mol. The molecular weight excluding hydrogens is 275 g/mol. The second kappa shape index (κ2) is 6.32. The molecule has 0 saturated heterocycles. The van der Waals surface area contributed by atoms with Crippen LogP contribution in [0.25, 0.3) is 0 Å². The number of rotatable bonds is 5. The van der Waals surface area contributed by atoms with E-state index >= 15 is 0 Å². The summed E-state index contributed by atoms with van der Waals surface area (Å²) in [6.45, 7) is 1.93. The van der Waals surface area contributed by atoms with Crippen molar-refractivity contribution in [1.29, 1.82) is 0 Å². The number of ether oxygens (including phenoxy) is 1. The van der Waals surface area contributed by atoms with Gasteiger partial charge in [-0.3, -0.25) is 10.1 Å². The first-order valence-electron chi connectivity index (χ1n) is 6.49. The molecule has 0 spiro atoms. The summed E-state index contributed by atoms with van der Waals surface area (Å²) >= 11 is 0. The number of benzene rings is 2. The Bertz CT molecular complexity index is 661. The monoisotopic (exact) mass is 290 g/mol. The van der Waals surface area contributed by atoms with Crippen molar-refractivity contribution in [2.45, 2.75) is 19.4 Å². The van der Waals surface area contributed by atoms with Gasteiger partial charge >= 0.3 is 5.69 Å². The molecule has 0 unspecified atom stereocenters. The van der Waals surface area contributed by atoms with E-state index in [9.17, 15) is 14.5 Å². The second-order valence-corrected chi connectivity index (χ2v) is 4.52. The molecule has 6 heteroatoms. The molecule has 1 atom stereocenters. The van der Waals surface area contributed by atoms with Crippen LogP contribution in [0, 0.1) is 15.9 Å². The summed E-state index contributed by atoms with van der Waals surface area (Å²) < 4.78 is 18.7. The normalized spacial score (nSPS) is 12.0. The van der Waals surface area contributed by atoms with E-state index in [1.54, 1.807) is 18.2 Å². The van der Waals surface area contributed by atoms with E-state index in [2.05, 4.69) is 0 Å². The van der Waals surface area contributed by atoms with Crippen molar-refractivity contribution < 1.29 is 14.1 Å². The van der Waals surface area contributed by atoms with Crippen molar-refractivity contribution in [1.82, 2.24) is 0 Å². The molecule has 21 heavy (non-hydrogen) atoms. The van der Waals surface area contributed by atoms with Gasteiger partial charge in [-0.15, -0.1) is 0 Å².